The van der Waals surface area contributed by atoms with Crippen LogP contribution in [0.15, 0.2) is 29.3 Å². The van der Waals surface area contributed by atoms with Gasteiger partial charge in [0, 0.05) is 11.8 Å². The van der Waals surface area contributed by atoms with Crippen molar-refractivity contribution in [2.45, 2.75) is 12.0 Å². The van der Waals surface area contributed by atoms with Crippen LogP contribution in [0.25, 0.3) is 0 Å². The summed E-state index contributed by atoms with van der Waals surface area (Å²) in [5.74, 6) is -0.689. The van der Waals surface area contributed by atoms with E-state index in [1.54, 1.807) is 0 Å². The van der Waals surface area contributed by atoms with E-state index in [0.717, 1.165) is 6.07 Å². The molecule has 0 N–H and O–H groups in total. The van der Waals surface area contributed by atoms with Crippen molar-refractivity contribution in [3.63, 3.8) is 0 Å². The zero-order valence-corrected chi connectivity index (χ0v) is 8.37. The van der Waals surface area contributed by atoms with Gasteiger partial charge >= 0.3 is 0 Å². The molecule has 0 radical (unpaired) electrons. The molecule has 0 amide bonds. The Morgan fingerprint density at radius 2 is 2.06 bits per heavy atom. The SMILES string of the molecule is Fc1ccccc1[C@]1(C(F)F)COCC=N1. The van der Waals surface area contributed by atoms with Gasteiger partial charge in [0.2, 0.25) is 0 Å². The molecule has 5 heteroatoms. The van der Waals surface area contributed by atoms with E-state index in [-0.39, 0.29) is 18.8 Å². The van der Waals surface area contributed by atoms with Crippen molar-refractivity contribution in [2.24, 2.45) is 4.99 Å². The molecule has 1 aromatic rings. The van der Waals surface area contributed by atoms with Crippen molar-refractivity contribution in [3.8, 4) is 0 Å². The minimum absolute atomic E-state index is 0.124. The van der Waals surface area contributed by atoms with Gasteiger partial charge in [-0.1, -0.05) is 18.2 Å². The van der Waals surface area contributed by atoms with Crippen LogP contribution in [0.1, 0.15) is 5.56 Å². The molecule has 86 valence electrons. The van der Waals surface area contributed by atoms with Crippen LogP contribution < -0.4 is 0 Å². The fourth-order valence-electron chi connectivity index (χ4n) is 1.70. The van der Waals surface area contributed by atoms with Crippen LogP contribution >= 0.6 is 0 Å². The summed E-state index contributed by atoms with van der Waals surface area (Å²) in [4.78, 5) is 3.75. The lowest BCUT2D eigenvalue weighted by atomic mass is 9.90. The quantitative estimate of drug-likeness (QED) is 0.763. The van der Waals surface area contributed by atoms with Crippen molar-refractivity contribution in [1.82, 2.24) is 0 Å². The summed E-state index contributed by atoms with van der Waals surface area (Å²) in [5, 5.41) is 0. The van der Waals surface area contributed by atoms with Crippen LogP contribution in [0.2, 0.25) is 0 Å². The highest BCUT2D eigenvalue weighted by molar-refractivity contribution is 5.61. The van der Waals surface area contributed by atoms with Crippen LogP contribution in [0.4, 0.5) is 13.2 Å². The van der Waals surface area contributed by atoms with E-state index < -0.39 is 17.8 Å². The molecule has 0 saturated carbocycles. The van der Waals surface area contributed by atoms with Crippen molar-refractivity contribution < 1.29 is 17.9 Å². The molecule has 0 saturated heterocycles. The van der Waals surface area contributed by atoms with Gasteiger partial charge in [-0.3, -0.25) is 4.99 Å². The fourth-order valence-corrected chi connectivity index (χ4v) is 1.70. The van der Waals surface area contributed by atoms with Crippen molar-refractivity contribution in [2.75, 3.05) is 13.2 Å². The van der Waals surface area contributed by atoms with Gasteiger partial charge in [-0.25, -0.2) is 13.2 Å². The highest BCUT2D eigenvalue weighted by Crippen LogP contribution is 2.35. The van der Waals surface area contributed by atoms with Gasteiger partial charge in [0.1, 0.15) is 5.82 Å². The van der Waals surface area contributed by atoms with Crippen LogP contribution in [0.3, 0.4) is 0 Å². The molecular weight excluding hydrogens is 219 g/mol. The number of hydrogen-bond acceptors (Lipinski definition) is 2. The van der Waals surface area contributed by atoms with Crippen LogP contribution in [0, 0.1) is 5.82 Å². The molecule has 2 rings (SSSR count). The van der Waals surface area contributed by atoms with Gasteiger partial charge in [0.05, 0.1) is 13.2 Å². The number of benzene rings is 1. The molecule has 1 aliphatic heterocycles. The summed E-state index contributed by atoms with van der Waals surface area (Å²) in [6.45, 7) is -0.120. The van der Waals surface area contributed by atoms with Crippen molar-refractivity contribution in [1.29, 1.82) is 0 Å². The maximum Gasteiger partial charge on any atom is 0.269 e. The lowest BCUT2D eigenvalue weighted by Crippen LogP contribution is -2.41. The molecule has 0 aliphatic carbocycles. The molecular formula is C11H10F3NO. The molecule has 0 unspecified atom stereocenters. The number of alkyl halides is 2. The topological polar surface area (TPSA) is 21.6 Å². The number of nitrogens with zero attached hydrogens (tertiary/aromatic N) is 1. The lowest BCUT2D eigenvalue weighted by molar-refractivity contribution is -0.0127. The van der Waals surface area contributed by atoms with E-state index >= 15 is 0 Å². The van der Waals surface area contributed by atoms with E-state index in [1.165, 1.54) is 24.4 Å². The Labute approximate surface area is 90.8 Å². The second-order valence-corrected chi connectivity index (χ2v) is 3.53. The molecule has 2 nitrogen and oxygen atoms in total. The third kappa shape index (κ3) is 1.71. The first-order chi connectivity index (χ1) is 7.67. The summed E-state index contributed by atoms with van der Waals surface area (Å²) in [7, 11) is 0. The molecule has 0 spiro atoms. The molecule has 1 atom stereocenters. The first-order valence-electron chi connectivity index (χ1n) is 4.81. The Kier molecular flexibility index (Phi) is 2.96. The maximum atomic E-state index is 13.5. The molecule has 0 aromatic heterocycles. The van der Waals surface area contributed by atoms with Gasteiger partial charge in [-0.2, -0.15) is 0 Å². The number of hydrogen-bond donors (Lipinski definition) is 0. The summed E-state index contributed by atoms with van der Waals surface area (Å²) in [6.07, 6.45) is -1.55. The molecule has 16 heavy (non-hydrogen) atoms. The summed E-state index contributed by atoms with van der Waals surface area (Å²) < 4.78 is 44.6. The maximum absolute atomic E-state index is 13.5. The van der Waals surface area contributed by atoms with Gasteiger partial charge in [0.25, 0.3) is 6.43 Å². The standard InChI is InChI=1S/C11H10F3NO/c12-9-4-2-1-3-8(9)11(10(13)14)7-16-6-5-15-11/h1-5,10H,6-7H2/t11-/m0/s1. The summed E-state index contributed by atoms with van der Waals surface area (Å²) in [6, 6.07) is 5.41. The second-order valence-electron chi connectivity index (χ2n) is 3.53. The van der Waals surface area contributed by atoms with Crippen LogP contribution in [-0.2, 0) is 10.3 Å². The third-order valence-corrected chi connectivity index (χ3v) is 2.54. The number of rotatable bonds is 2. The van der Waals surface area contributed by atoms with Gasteiger partial charge in [0.15, 0.2) is 5.54 Å². The molecule has 1 heterocycles. The Morgan fingerprint density at radius 1 is 1.31 bits per heavy atom. The molecule has 0 bridgehead atoms. The Hall–Kier alpha value is -1.36. The minimum atomic E-state index is -2.80. The van der Waals surface area contributed by atoms with E-state index in [4.69, 9.17) is 4.74 Å². The lowest BCUT2D eigenvalue weighted by Gasteiger charge is -2.31. The zero-order chi connectivity index (χ0) is 11.6. The zero-order valence-electron chi connectivity index (χ0n) is 8.37. The minimum Gasteiger partial charge on any atom is -0.373 e. The van der Waals surface area contributed by atoms with Gasteiger partial charge in [-0.15, -0.1) is 0 Å². The van der Waals surface area contributed by atoms with E-state index in [2.05, 4.69) is 4.99 Å². The van der Waals surface area contributed by atoms with Crippen molar-refractivity contribution in [3.05, 3.63) is 35.6 Å². The normalized spacial score (nSPS) is 25.0. The van der Waals surface area contributed by atoms with E-state index in [9.17, 15) is 13.2 Å². The molecule has 1 aliphatic rings. The predicted octanol–water partition coefficient (Wildman–Crippen LogP) is 2.39. The average molecular weight is 229 g/mol. The number of halogens is 3. The highest BCUT2D eigenvalue weighted by atomic mass is 19.3. The van der Waals surface area contributed by atoms with Crippen LogP contribution in [0.5, 0.6) is 0 Å². The first kappa shape index (κ1) is 11.1. The fraction of sp³-hybridized carbons (Fsp3) is 0.364. The Bertz CT molecular complexity index is 408. The summed E-state index contributed by atoms with van der Waals surface area (Å²) in [5.41, 5.74) is -2.02. The predicted molar refractivity (Wildman–Crippen MR) is 53.4 cm³/mol. The number of ether oxygens (including phenoxy) is 1. The van der Waals surface area contributed by atoms with Gasteiger partial charge in [-0.05, 0) is 6.07 Å². The molecule has 0 fully saturated rings. The monoisotopic (exact) mass is 229 g/mol. The smallest absolute Gasteiger partial charge is 0.269 e. The Balaban J connectivity index is 2.52. The van der Waals surface area contributed by atoms with E-state index in [1.807, 2.05) is 0 Å². The summed E-state index contributed by atoms with van der Waals surface area (Å²) >= 11 is 0. The van der Waals surface area contributed by atoms with Crippen LogP contribution in [-0.4, -0.2) is 25.9 Å². The molecule has 1 aromatic carbocycles. The second kappa shape index (κ2) is 4.25. The van der Waals surface area contributed by atoms with E-state index in [0.29, 0.717) is 0 Å². The first-order valence-corrected chi connectivity index (χ1v) is 4.81. The number of aliphatic imine (C=N–C) groups is 1. The third-order valence-electron chi connectivity index (χ3n) is 2.54. The largest absolute Gasteiger partial charge is 0.373 e. The Morgan fingerprint density at radius 3 is 2.62 bits per heavy atom. The van der Waals surface area contributed by atoms with Crippen molar-refractivity contribution >= 4 is 6.21 Å². The van der Waals surface area contributed by atoms with Gasteiger partial charge < -0.3 is 4.74 Å². The average Bonchev–Trinajstić information content (AvgIpc) is 2.30. The highest BCUT2D eigenvalue weighted by Gasteiger charge is 2.44.